The fraction of sp³-hybridized carbons (Fsp3) is 0.355. The van der Waals surface area contributed by atoms with Gasteiger partial charge in [-0.1, -0.05) is 91.7 Å². The first-order chi connectivity index (χ1) is 18.9. The van der Waals surface area contributed by atoms with Crippen molar-refractivity contribution in [1.29, 1.82) is 0 Å². The van der Waals surface area contributed by atoms with Gasteiger partial charge >= 0.3 is 0 Å². The second kappa shape index (κ2) is 13.8. The number of nitrogens with zero attached hydrogens (tertiary/aromatic N) is 2. The smallest absolute Gasteiger partial charge is 0.244 e. The van der Waals surface area contributed by atoms with Crippen LogP contribution in [0.2, 0.25) is 5.02 Å². The molecule has 3 rings (SSSR count). The van der Waals surface area contributed by atoms with Gasteiger partial charge in [-0.05, 0) is 48.6 Å². The number of nitrogens with one attached hydrogen (secondary N) is 1. The normalized spacial score (nSPS) is 12.2. The van der Waals surface area contributed by atoms with Gasteiger partial charge in [0.1, 0.15) is 12.6 Å². The summed E-state index contributed by atoms with van der Waals surface area (Å²) in [6, 6.07) is 21.1. The minimum Gasteiger partial charge on any atom is -0.354 e. The molecule has 0 unspecified atom stereocenters. The standard InChI is InChI=1S/C31H38ClN3O4S/c1-22(2)19-33-31(37)29(18-25-11-7-6-8-12-25)34(20-26-13-9-10-14-27(26)32)30(36)21-35(40(5,38)39)28-16-15-23(3)17-24(28)4/h6-17,22,29H,18-21H2,1-5H3,(H,33,37)/t29-/m1/s1. The van der Waals surface area contributed by atoms with Crippen molar-refractivity contribution in [3.63, 3.8) is 0 Å². The van der Waals surface area contributed by atoms with Crippen LogP contribution >= 0.6 is 11.6 Å². The molecule has 0 aromatic heterocycles. The van der Waals surface area contributed by atoms with E-state index < -0.39 is 28.5 Å². The minimum absolute atomic E-state index is 0.0373. The number of benzene rings is 3. The van der Waals surface area contributed by atoms with E-state index >= 15 is 0 Å². The van der Waals surface area contributed by atoms with Crippen molar-refractivity contribution in [1.82, 2.24) is 10.2 Å². The minimum atomic E-state index is -3.83. The van der Waals surface area contributed by atoms with E-state index in [4.69, 9.17) is 11.6 Å². The maximum absolute atomic E-state index is 14.1. The van der Waals surface area contributed by atoms with Gasteiger partial charge < -0.3 is 10.2 Å². The lowest BCUT2D eigenvalue weighted by Crippen LogP contribution is -2.53. The van der Waals surface area contributed by atoms with Gasteiger partial charge in [0.2, 0.25) is 21.8 Å². The van der Waals surface area contributed by atoms with Crippen LogP contribution in [0.4, 0.5) is 5.69 Å². The molecule has 1 N–H and O–H groups in total. The summed E-state index contributed by atoms with van der Waals surface area (Å²) < 4.78 is 27.0. The zero-order chi connectivity index (χ0) is 29.4. The summed E-state index contributed by atoms with van der Waals surface area (Å²) in [7, 11) is -3.83. The maximum Gasteiger partial charge on any atom is 0.244 e. The first-order valence-corrected chi connectivity index (χ1v) is 15.5. The van der Waals surface area contributed by atoms with Gasteiger partial charge in [0.15, 0.2) is 0 Å². The summed E-state index contributed by atoms with van der Waals surface area (Å²) in [5.41, 5.74) is 3.66. The van der Waals surface area contributed by atoms with Gasteiger partial charge in [-0.25, -0.2) is 8.42 Å². The molecule has 40 heavy (non-hydrogen) atoms. The summed E-state index contributed by atoms with van der Waals surface area (Å²) in [4.78, 5) is 29.2. The number of rotatable bonds is 12. The molecule has 0 aliphatic heterocycles. The van der Waals surface area contributed by atoms with Gasteiger partial charge in [-0.3, -0.25) is 13.9 Å². The highest BCUT2D eigenvalue weighted by Gasteiger charge is 2.33. The van der Waals surface area contributed by atoms with Crippen LogP contribution in [-0.2, 0) is 32.6 Å². The number of hydrogen-bond acceptors (Lipinski definition) is 4. The topological polar surface area (TPSA) is 86.8 Å². The van der Waals surface area contributed by atoms with Crippen LogP contribution in [0.15, 0.2) is 72.8 Å². The Balaban J connectivity index is 2.08. The second-order valence-electron chi connectivity index (χ2n) is 10.5. The Morgan fingerprint density at radius 1 is 0.950 bits per heavy atom. The third-order valence-corrected chi connectivity index (χ3v) is 8.05. The summed E-state index contributed by atoms with van der Waals surface area (Å²) in [5, 5.41) is 3.43. The van der Waals surface area contributed by atoms with Gasteiger partial charge in [0, 0.05) is 24.5 Å². The van der Waals surface area contributed by atoms with Crippen molar-refractivity contribution in [2.24, 2.45) is 5.92 Å². The SMILES string of the molecule is Cc1ccc(N(CC(=O)N(Cc2ccccc2Cl)[C@H](Cc2ccccc2)C(=O)NCC(C)C)S(C)(=O)=O)c(C)c1. The van der Waals surface area contributed by atoms with Crippen molar-refractivity contribution >= 4 is 39.1 Å². The highest BCUT2D eigenvalue weighted by atomic mass is 35.5. The Morgan fingerprint density at radius 2 is 1.60 bits per heavy atom. The first kappa shape index (κ1) is 31.2. The van der Waals surface area contributed by atoms with Crippen LogP contribution in [0.1, 0.15) is 36.1 Å². The maximum atomic E-state index is 14.1. The van der Waals surface area contributed by atoms with E-state index in [0.29, 0.717) is 22.8 Å². The fourth-order valence-electron chi connectivity index (χ4n) is 4.47. The van der Waals surface area contributed by atoms with Crippen LogP contribution in [0.3, 0.4) is 0 Å². The third-order valence-electron chi connectivity index (χ3n) is 6.55. The van der Waals surface area contributed by atoms with Gasteiger partial charge in [-0.15, -0.1) is 0 Å². The molecular formula is C31H38ClN3O4S. The number of amides is 2. The zero-order valence-electron chi connectivity index (χ0n) is 23.7. The predicted molar refractivity (Wildman–Crippen MR) is 162 cm³/mol. The van der Waals surface area contributed by atoms with E-state index in [2.05, 4.69) is 5.32 Å². The molecule has 9 heteroatoms. The number of hydrogen-bond donors (Lipinski definition) is 1. The first-order valence-electron chi connectivity index (χ1n) is 13.3. The van der Waals surface area contributed by atoms with E-state index in [1.165, 1.54) is 4.90 Å². The third kappa shape index (κ3) is 8.57. The largest absolute Gasteiger partial charge is 0.354 e. The lowest BCUT2D eigenvalue weighted by Gasteiger charge is -2.34. The summed E-state index contributed by atoms with van der Waals surface area (Å²) in [6.07, 6.45) is 1.33. The molecule has 2 amide bonds. The average molecular weight is 584 g/mol. The Bertz CT molecular complexity index is 1430. The quantitative estimate of drug-likeness (QED) is 0.320. The van der Waals surface area contributed by atoms with Crippen LogP contribution in [0, 0.1) is 19.8 Å². The molecule has 0 bridgehead atoms. The Hall–Kier alpha value is -3.36. The average Bonchev–Trinajstić information content (AvgIpc) is 2.89. The lowest BCUT2D eigenvalue weighted by molar-refractivity contribution is -0.140. The molecule has 0 fully saturated rings. The zero-order valence-corrected chi connectivity index (χ0v) is 25.3. The number of sulfonamides is 1. The van der Waals surface area contributed by atoms with Crippen LogP contribution in [0.25, 0.3) is 0 Å². The molecule has 0 aliphatic carbocycles. The molecule has 214 valence electrons. The van der Waals surface area contributed by atoms with Crippen molar-refractivity contribution in [3.05, 3.63) is 100 Å². The van der Waals surface area contributed by atoms with Crippen molar-refractivity contribution in [3.8, 4) is 0 Å². The number of aryl methyl sites for hydroxylation is 2. The molecule has 0 aliphatic rings. The summed E-state index contributed by atoms with van der Waals surface area (Å²) >= 11 is 6.49. The molecule has 0 spiro atoms. The molecule has 0 heterocycles. The van der Waals surface area contributed by atoms with Gasteiger partial charge in [-0.2, -0.15) is 0 Å². The second-order valence-corrected chi connectivity index (χ2v) is 12.8. The van der Waals surface area contributed by atoms with E-state index in [1.54, 1.807) is 24.3 Å². The predicted octanol–water partition coefficient (Wildman–Crippen LogP) is 5.14. The molecule has 1 atom stereocenters. The van der Waals surface area contributed by atoms with E-state index in [-0.39, 0.29) is 24.8 Å². The van der Waals surface area contributed by atoms with Gasteiger partial charge in [0.25, 0.3) is 0 Å². The van der Waals surface area contributed by atoms with Gasteiger partial charge in [0.05, 0.1) is 11.9 Å². The van der Waals surface area contributed by atoms with Crippen molar-refractivity contribution in [2.75, 3.05) is 23.7 Å². The molecule has 3 aromatic rings. The Morgan fingerprint density at radius 3 is 2.20 bits per heavy atom. The molecule has 7 nitrogen and oxygen atoms in total. The Labute approximate surface area is 243 Å². The monoisotopic (exact) mass is 583 g/mol. The highest BCUT2D eigenvalue weighted by molar-refractivity contribution is 7.92. The number of carbonyl (C=O) groups excluding carboxylic acids is 2. The van der Waals surface area contributed by atoms with Crippen molar-refractivity contribution in [2.45, 2.75) is 46.7 Å². The van der Waals surface area contributed by atoms with Crippen LogP contribution in [-0.4, -0.2) is 50.5 Å². The summed E-state index contributed by atoms with van der Waals surface area (Å²) in [6.45, 7) is 7.73. The van der Waals surface area contributed by atoms with Crippen LogP contribution in [0.5, 0.6) is 0 Å². The van der Waals surface area contributed by atoms with Crippen molar-refractivity contribution < 1.29 is 18.0 Å². The molecule has 3 aromatic carbocycles. The summed E-state index contributed by atoms with van der Waals surface area (Å²) in [5.74, 6) is -0.611. The van der Waals surface area contributed by atoms with E-state index in [9.17, 15) is 18.0 Å². The highest BCUT2D eigenvalue weighted by Crippen LogP contribution is 2.25. The van der Waals surface area contributed by atoms with E-state index in [1.807, 2.05) is 76.2 Å². The molecule has 0 saturated carbocycles. The molecule has 0 saturated heterocycles. The molecule has 0 radical (unpaired) electrons. The number of anilines is 1. The number of halogens is 1. The Kier molecular flexibility index (Phi) is 10.8. The molecular weight excluding hydrogens is 546 g/mol. The van der Waals surface area contributed by atoms with Crippen LogP contribution < -0.4 is 9.62 Å². The van der Waals surface area contributed by atoms with E-state index in [0.717, 1.165) is 27.3 Å². The fourth-order valence-corrected chi connectivity index (χ4v) is 5.57. The lowest BCUT2D eigenvalue weighted by atomic mass is 10.0. The number of carbonyl (C=O) groups is 2.